The van der Waals surface area contributed by atoms with Crippen LogP contribution in [0.2, 0.25) is 0 Å². The number of carbonyl (C=O) groups excluding carboxylic acids is 1. The van der Waals surface area contributed by atoms with Crippen LogP contribution < -0.4 is 4.74 Å². The maximum Gasteiger partial charge on any atom is 0.333 e. The number of ether oxygens (including phenoxy) is 2. The van der Waals surface area contributed by atoms with Gasteiger partial charge in [-0.05, 0) is 85.6 Å². The molecule has 2 aromatic carbocycles. The monoisotopic (exact) mass is 464 g/mol. The third-order valence-electron chi connectivity index (χ3n) is 6.84. The van der Waals surface area contributed by atoms with Crippen LogP contribution >= 0.6 is 0 Å². The second kappa shape index (κ2) is 13.3. The number of carbonyl (C=O) groups is 1. The average Bonchev–Trinajstić information content (AvgIpc) is 2.87. The lowest BCUT2D eigenvalue weighted by Crippen LogP contribution is -2.17. The Morgan fingerprint density at radius 2 is 1.71 bits per heavy atom. The first kappa shape index (κ1) is 26.0. The Morgan fingerprint density at radius 3 is 2.35 bits per heavy atom. The summed E-state index contributed by atoms with van der Waals surface area (Å²) in [5, 5.41) is 9.50. The summed E-state index contributed by atoms with van der Waals surface area (Å²) in [5.74, 6) is 1.31. The summed E-state index contributed by atoms with van der Waals surface area (Å²) in [6.07, 6.45) is 9.05. The van der Waals surface area contributed by atoms with Crippen LogP contribution in [0.5, 0.6) is 5.75 Å². The van der Waals surface area contributed by atoms with E-state index < -0.39 is 0 Å². The fourth-order valence-corrected chi connectivity index (χ4v) is 4.68. The lowest BCUT2D eigenvalue weighted by atomic mass is 9.78. The van der Waals surface area contributed by atoms with Crippen molar-refractivity contribution in [2.75, 3.05) is 19.8 Å². The molecule has 0 bridgehead atoms. The topological polar surface area (TPSA) is 55.8 Å². The maximum atomic E-state index is 11.7. The van der Waals surface area contributed by atoms with Gasteiger partial charge in [0.05, 0.1) is 0 Å². The minimum Gasteiger partial charge on any atom is -0.490 e. The molecule has 0 amide bonds. The van der Waals surface area contributed by atoms with Crippen molar-refractivity contribution >= 4 is 5.97 Å². The van der Waals surface area contributed by atoms with Crippen LogP contribution in [0, 0.1) is 5.92 Å². The number of aliphatic hydroxyl groups is 1. The molecule has 1 aliphatic carbocycles. The highest BCUT2D eigenvalue weighted by atomic mass is 16.6. The number of hydrogen-bond donors (Lipinski definition) is 1. The van der Waals surface area contributed by atoms with E-state index in [2.05, 4.69) is 56.0 Å². The summed E-state index contributed by atoms with van der Waals surface area (Å²) in [7, 11) is 0. The van der Waals surface area contributed by atoms with Gasteiger partial charge in [0.2, 0.25) is 0 Å². The molecule has 0 aromatic heterocycles. The van der Waals surface area contributed by atoms with Gasteiger partial charge >= 0.3 is 5.97 Å². The van der Waals surface area contributed by atoms with E-state index in [1.807, 2.05) is 0 Å². The smallest absolute Gasteiger partial charge is 0.333 e. The zero-order chi connectivity index (χ0) is 24.3. The Bertz CT molecular complexity index is 923. The van der Waals surface area contributed by atoms with Crippen LogP contribution in [-0.2, 0) is 16.0 Å². The van der Waals surface area contributed by atoms with E-state index in [-0.39, 0.29) is 19.2 Å². The average molecular weight is 465 g/mol. The number of rotatable bonds is 12. The van der Waals surface area contributed by atoms with Crippen LogP contribution in [0.25, 0.3) is 11.1 Å². The van der Waals surface area contributed by atoms with E-state index >= 15 is 0 Å². The largest absolute Gasteiger partial charge is 0.490 e. The van der Waals surface area contributed by atoms with Crippen molar-refractivity contribution in [3.63, 3.8) is 0 Å². The molecule has 34 heavy (non-hydrogen) atoms. The normalized spacial score (nSPS) is 17.9. The zero-order valence-corrected chi connectivity index (χ0v) is 20.9. The molecule has 1 saturated carbocycles. The molecule has 0 heterocycles. The lowest BCUT2D eigenvalue weighted by Gasteiger charge is -2.29. The second-order valence-corrected chi connectivity index (χ2v) is 9.57. The Labute approximate surface area is 205 Å². The Balaban J connectivity index is 1.74. The van der Waals surface area contributed by atoms with Gasteiger partial charge in [-0.25, -0.2) is 4.79 Å². The molecule has 184 valence electrons. The molecule has 0 aliphatic heterocycles. The van der Waals surface area contributed by atoms with Gasteiger partial charge in [-0.15, -0.1) is 0 Å². The molecule has 0 saturated heterocycles. The molecule has 0 unspecified atom stereocenters. The molecule has 1 N–H and O–H groups in total. The number of aliphatic hydroxyl groups excluding tert-OH is 1. The fourth-order valence-electron chi connectivity index (χ4n) is 4.68. The third-order valence-corrected chi connectivity index (χ3v) is 6.84. The molecule has 4 nitrogen and oxygen atoms in total. The number of esters is 1. The van der Waals surface area contributed by atoms with Crippen molar-refractivity contribution < 1.29 is 19.4 Å². The number of unbranched alkanes of at least 4 members (excludes halogenated alkanes) is 2. The van der Waals surface area contributed by atoms with Gasteiger partial charge < -0.3 is 14.6 Å². The third kappa shape index (κ3) is 7.46. The Kier molecular flexibility index (Phi) is 10.2. The second-order valence-electron chi connectivity index (χ2n) is 9.57. The highest BCUT2D eigenvalue weighted by Gasteiger charge is 2.24. The van der Waals surface area contributed by atoms with Crippen molar-refractivity contribution in [1.29, 1.82) is 0 Å². The quantitative estimate of drug-likeness (QED) is 0.212. The molecule has 3 rings (SSSR count). The number of hydrogen-bond acceptors (Lipinski definition) is 4. The first-order chi connectivity index (χ1) is 16.5. The highest BCUT2D eigenvalue weighted by molar-refractivity contribution is 5.86. The van der Waals surface area contributed by atoms with Crippen molar-refractivity contribution in [3.8, 4) is 16.9 Å². The van der Waals surface area contributed by atoms with Gasteiger partial charge in [-0.3, -0.25) is 0 Å². The van der Waals surface area contributed by atoms with Gasteiger partial charge in [0.25, 0.3) is 0 Å². The van der Waals surface area contributed by atoms with E-state index in [1.165, 1.54) is 36.0 Å². The maximum absolute atomic E-state index is 11.7. The van der Waals surface area contributed by atoms with Gasteiger partial charge in [-0.1, -0.05) is 62.7 Å². The molecule has 1 fully saturated rings. The summed E-state index contributed by atoms with van der Waals surface area (Å²) in [6.45, 7) is 8.26. The SMILES string of the molecule is C=C(C)C(=O)OCCOc1cc(-c2ccc(CCCCC)cc2)ccc1C1CCC(CO)CC1. The van der Waals surface area contributed by atoms with Gasteiger partial charge in [0.1, 0.15) is 19.0 Å². The van der Waals surface area contributed by atoms with Crippen molar-refractivity contribution in [3.05, 3.63) is 65.7 Å². The van der Waals surface area contributed by atoms with Crippen LogP contribution in [0.3, 0.4) is 0 Å². The van der Waals surface area contributed by atoms with Crippen molar-refractivity contribution in [2.45, 2.75) is 71.1 Å². The van der Waals surface area contributed by atoms with Crippen LogP contribution in [0.4, 0.5) is 0 Å². The Hall–Kier alpha value is -2.59. The molecular weight excluding hydrogens is 424 g/mol. The van der Waals surface area contributed by atoms with E-state index in [9.17, 15) is 9.90 Å². The number of benzene rings is 2. The van der Waals surface area contributed by atoms with Gasteiger partial charge in [0, 0.05) is 12.2 Å². The number of aryl methyl sites for hydroxylation is 1. The molecule has 0 radical (unpaired) electrons. The first-order valence-electron chi connectivity index (χ1n) is 12.8. The van der Waals surface area contributed by atoms with Gasteiger partial charge in [0.15, 0.2) is 0 Å². The fraction of sp³-hybridized carbons (Fsp3) is 0.500. The zero-order valence-electron chi connectivity index (χ0n) is 20.9. The predicted octanol–water partition coefficient (Wildman–Crippen LogP) is 6.85. The summed E-state index contributed by atoms with van der Waals surface area (Å²) in [4.78, 5) is 11.7. The van der Waals surface area contributed by atoms with E-state index in [0.717, 1.165) is 43.4 Å². The molecule has 1 aliphatic rings. The summed E-state index contributed by atoms with van der Waals surface area (Å²) in [5.41, 5.74) is 5.28. The van der Waals surface area contributed by atoms with Gasteiger partial charge in [-0.2, -0.15) is 0 Å². The van der Waals surface area contributed by atoms with Crippen molar-refractivity contribution in [1.82, 2.24) is 0 Å². The lowest BCUT2D eigenvalue weighted by molar-refractivity contribution is -0.139. The first-order valence-corrected chi connectivity index (χ1v) is 12.8. The summed E-state index contributed by atoms with van der Waals surface area (Å²) >= 11 is 0. The highest BCUT2D eigenvalue weighted by Crippen LogP contribution is 2.41. The molecule has 0 atom stereocenters. The molecule has 2 aromatic rings. The van der Waals surface area contributed by atoms with E-state index in [0.29, 0.717) is 24.0 Å². The molecule has 4 heteroatoms. The Morgan fingerprint density at radius 1 is 1.00 bits per heavy atom. The minimum absolute atomic E-state index is 0.194. The molecule has 0 spiro atoms. The van der Waals surface area contributed by atoms with Crippen LogP contribution in [0.15, 0.2) is 54.6 Å². The summed E-state index contributed by atoms with van der Waals surface area (Å²) in [6, 6.07) is 15.4. The predicted molar refractivity (Wildman–Crippen MR) is 138 cm³/mol. The van der Waals surface area contributed by atoms with Crippen LogP contribution in [0.1, 0.15) is 75.8 Å². The minimum atomic E-state index is -0.390. The molecular formula is C30H40O4. The standard InChI is InChI=1S/C30H40O4/c1-4-5-6-7-23-8-12-25(13-9-23)27-16-17-28(26-14-10-24(21-31)11-15-26)29(20-27)33-18-19-34-30(32)22(2)3/h8-9,12-13,16-17,20,24,26,31H,2,4-7,10-11,14-15,18-19,21H2,1,3H3. The van der Waals surface area contributed by atoms with Crippen molar-refractivity contribution in [2.24, 2.45) is 5.92 Å². The van der Waals surface area contributed by atoms with E-state index in [4.69, 9.17) is 9.47 Å². The van der Waals surface area contributed by atoms with Crippen LogP contribution in [-0.4, -0.2) is 30.9 Å². The summed E-state index contributed by atoms with van der Waals surface area (Å²) < 4.78 is 11.4. The van der Waals surface area contributed by atoms with E-state index in [1.54, 1.807) is 6.92 Å².